The van der Waals surface area contributed by atoms with Crippen molar-refractivity contribution < 1.29 is 9.59 Å². The number of primary amides is 1. The molecule has 5 heteroatoms. The van der Waals surface area contributed by atoms with E-state index in [9.17, 15) is 9.59 Å². The zero-order valence-corrected chi connectivity index (χ0v) is 12.4. The van der Waals surface area contributed by atoms with Gasteiger partial charge < -0.3 is 11.1 Å². The van der Waals surface area contributed by atoms with Gasteiger partial charge in [-0.05, 0) is 39.2 Å². The summed E-state index contributed by atoms with van der Waals surface area (Å²) in [6.45, 7) is 3.34. The van der Waals surface area contributed by atoms with Crippen molar-refractivity contribution in [1.82, 2.24) is 10.2 Å². The van der Waals surface area contributed by atoms with Gasteiger partial charge in [0.1, 0.15) is 0 Å². The average Bonchev–Trinajstić information content (AvgIpc) is 2.47. The third-order valence-corrected chi connectivity index (χ3v) is 4.73. The number of amides is 2. The van der Waals surface area contributed by atoms with Crippen LogP contribution in [0.5, 0.6) is 0 Å². The first kappa shape index (κ1) is 15.3. The molecule has 114 valence electrons. The van der Waals surface area contributed by atoms with Gasteiger partial charge in [0.25, 0.3) is 0 Å². The Labute approximate surface area is 121 Å². The van der Waals surface area contributed by atoms with Gasteiger partial charge in [-0.1, -0.05) is 19.3 Å². The van der Waals surface area contributed by atoms with E-state index in [1.807, 2.05) is 11.8 Å². The van der Waals surface area contributed by atoms with E-state index in [1.54, 1.807) is 0 Å². The number of hydrogen-bond donors (Lipinski definition) is 2. The van der Waals surface area contributed by atoms with Gasteiger partial charge in [-0.15, -0.1) is 0 Å². The molecule has 2 rings (SSSR count). The summed E-state index contributed by atoms with van der Waals surface area (Å²) in [5.41, 5.74) is 5.36. The highest BCUT2D eigenvalue weighted by Gasteiger charge is 2.30. The number of nitrogens with two attached hydrogens (primary N) is 1. The van der Waals surface area contributed by atoms with E-state index in [0.717, 1.165) is 32.2 Å². The molecule has 3 N–H and O–H groups in total. The summed E-state index contributed by atoms with van der Waals surface area (Å²) in [6, 6.07) is 0.0838. The number of carbonyl (C=O) groups is 2. The number of hydrogen-bond acceptors (Lipinski definition) is 3. The Morgan fingerprint density at radius 2 is 1.85 bits per heavy atom. The number of nitrogens with one attached hydrogen (secondary N) is 1. The van der Waals surface area contributed by atoms with Crippen LogP contribution in [0.1, 0.15) is 51.9 Å². The van der Waals surface area contributed by atoms with E-state index < -0.39 is 0 Å². The second-order valence-electron chi connectivity index (χ2n) is 6.26. The van der Waals surface area contributed by atoms with E-state index in [-0.39, 0.29) is 23.8 Å². The highest BCUT2D eigenvalue weighted by atomic mass is 16.2. The summed E-state index contributed by atoms with van der Waals surface area (Å²) in [6.07, 6.45) is 7.83. The van der Waals surface area contributed by atoms with E-state index in [2.05, 4.69) is 5.32 Å². The minimum absolute atomic E-state index is 0.00692. The first-order chi connectivity index (χ1) is 9.58. The molecule has 2 atom stereocenters. The summed E-state index contributed by atoms with van der Waals surface area (Å²) in [7, 11) is 0. The molecule has 1 aliphatic carbocycles. The zero-order chi connectivity index (χ0) is 14.5. The van der Waals surface area contributed by atoms with Crippen LogP contribution in [0.15, 0.2) is 0 Å². The predicted molar refractivity (Wildman–Crippen MR) is 78.0 cm³/mol. The molecule has 0 spiro atoms. The van der Waals surface area contributed by atoms with Crippen molar-refractivity contribution >= 4 is 11.8 Å². The highest BCUT2D eigenvalue weighted by Crippen LogP contribution is 2.21. The fourth-order valence-electron chi connectivity index (χ4n) is 3.32. The molecule has 0 aromatic heterocycles. The molecule has 1 heterocycles. The van der Waals surface area contributed by atoms with Crippen molar-refractivity contribution in [1.29, 1.82) is 0 Å². The standard InChI is InChI=1S/C15H27N3O2/c1-11(14(16)19)18-9-5-6-12(10-18)15(20)17-13-7-3-2-4-8-13/h11-13H,2-10H2,1H3,(H2,16,19)(H,17,20)/t11-,12-/m1/s1. The van der Waals surface area contributed by atoms with Gasteiger partial charge in [0.15, 0.2) is 0 Å². The lowest BCUT2D eigenvalue weighted by Crippen LogP contribution is -2.51. The lowest BCUT2D eigenvalue weighted by Gasteiger charge is -2.35. The molecular weight excluding hydrogens is 254 g/mol. The number of carbonyl (C=O) groups excluding carboxylic acids is 2. The van der Waals surface area contributed by atoms with Crippen molar-refractivity contribution in [2.75, 3.05) is 13.1 Å². The molecule has 0 bridgehead atoms. The molecular formula is C15H27N3O2. The SMILES string of the molecule is C[C@H](C(N)=O)N1CCC[C@@H](C(=O)NC2CCCCC2)C1. The monoisotopic (exact) mass is 281 g/mol. The Bertz CT molecular complexity index is 353. The fraction of sp³-hybridized carbons (Fsp3) is 0.867. The summed E-state index contributed by atoms with van der Waals surface area (Å²) >= 11 is 0. The lowest BCUT2D eigenvalue weighted by molar-refractivity contribution is -0.130. The van der Waals surface area contributed by atoms with Crippen LogP contribution in [0, 0.1) is 5.92 Å². The van der Waals surface area contributed by atoms with Gasteiger partial charge in [0, 0.05) is 12.6 Å². The summed E-state index contributed by atoms with van der Waals surface area (Å²) in [5, 5.41) is 3.20. The Kier molecular flexibility index (Phi) is 5.40. The molecule has 2 aliphatic rings. The summed E-state index contributed by atoms with van der Waals surface area (Å²) in [5.74, 6) is -0.135. The second-order valence-corrected chi connectivity index (χ2v) is 6.26. The van der Waals surface area contributed by atoms with Gasteiger partial charge in [-0.3, -0.25) is 14.5 Å². The minimum atomic E-state index is -0.307. The van der Waals surface area contributed by atoms with Crippen LogP contribution in [0.25, 0.3) is 0 Å². The van der Waals surface area contributed by atoms with Crippen LogP contribution < -0.4 is 11.1 Å². The topological polar surface area (TPSA) is 75.4 Å². The number of rotatable bonds is 4. The smallest absolute Gasteiger partial charge is 0.234 e. The number of likely N-dealkylation sites (tertiary alicyclic amines) is 1. The molecule has 0 aromatic carbocycles. The Morgan fingerprint density at radius 1 is 1.15 bits per heavy atom. The first-order valence-electron chi connectivity index (χ1n) is 7.91. The largest absolute Gasteiger partial charge is 0.368 e. The Balaban J connectivity index is 1.84. The molecule has 2 fully saturated rings. The Hall–Kier alpha value is -1.10. The molecule has 0 aromatic rings. The highest BCUT2D eigenvalue weighted by molar-refractivity contribution is 5.81. The maximum absolute atomic E-state index is 12.4. The molecule has 1 aliphatic heterocycles. The second kappa shape index (κ2) is 7.07. The lowest BCUT2D eigenvalue weighted by atomic mass is 9.92. The van der Waals surface area contributed by atoms with Crippen molar-refractivity contribution in [2.24, 2.45) is 11.7 Å². The minimum Gasteiger partial charge on any atom is -0.368 e. The maximum atomic E-state index is 12.4. The van der Waals surface area contributed by atoms with Gasteiger partial charge in [-0.2, -0.15) is 0 Å². The van der Waals surface area contributed by atoms with Crippen molar-refractivity contribution in [3.63, 3.8) is 0 Å². The van der Waals surface area contributed by atoms with E-state index in [1.165, 1.54) is 19.3 Å². The van der Waals surface area contributed by atoms with Crippen LogP contribution in [0.2, 0.25) is 0 Å². The molecule has 5 nitrogen and oxygen atoms in total. The average molecular weight is 281 g/mol. The molecule has 0 unspecified atom stereocenters. The van der Waals surface area contributed by atoms with Crippen molar-refractivity contribution in [2.45, 2.75) is 64.0 Å². The molecule has 1 saturated carbocycles. The predicted octanol–water partition coefficient (Wildman–Crippen LogP) is 1.02. The van der Waals surface area contributed by atoms with Gasteiger partial charge >= 0.3 is 0 Å². The molecule has 2 amide bonds. The molecule has 0 radical (unpaired) electrons. The third kappa shape index (κ3) is 3.95. The summed E-state index contributed by atoms with van der Waals surface area (Å²) < 4.78 is 0. The molecule has 20 heavy (non-hydrogen) atoms. The van der Waals surface area contributed by atoms with E-state index in [0.29, 0.717) is 12.6 Å². The van der Waals surface area contributed by atoms with Gasteiger partial charge in [0.2, 0.25) is 11.8 Å². The normalized spacial score (nSPS) is 26.9. The van der Waals surface area contributed by atoms with Crippen LogP contribution in [-0.4, -0.2) is 41.9 Å². The van der Waals surface area contributed by atoms with Gasteiger partial charge in [0.05, 0.1) is 12.0 Å². The van der Waals surface area contributed by atoms with Crippen LogP contribution >= 0.6 is 0 Å². The quantitative estimate of drug-likeness (QED) is 0.808. The van der Waals surface area contributed by atoms with Crippen molar-refractivity contribution in [3.05, 3.63) is 0 Å². The third-order valence-electron chi connectivity index (χ3n) is 4.73. The number of nitrogens with zero attached hydrogens (tertiary/aromatic N) is 1. The summed E-state index contributed by atoms with van der Waals surface area (Å²) in [4.78, 5) is 25.7. The van der Waals surface area contributed by atoms with Crippen molar-refractivity contribution in [3.8, 4) is 0 Å². The molecule has 1 saturated heterocycles. The van der Waals surface area contributed by atoms with E-state index in [4.69, 9.17) is 5.73 Å². The number of piperidine rings is 1. The van der Waals surface area contributed by atoms with Gasteiger partial charge in [-0.25, -0.2) is 0 Å². The van der Waals surface area contributed by atoms with E-state index >= 15 is 0 Å². The fourth-order valence-corrected chi connectivity index (χ4v) is 3.32. The Morgan fingerprint density at radius 3 is 2.50 bits per heavy atom. The van der Waals surface area contributed by atoms with Crippen LogP contribution in [-0.2, 0) is 9.59 Å². The van der Waals surface area contributed by atoms with Crippen LogP contribution in [0.3, 0.4) is 0 Å². The first-order valence-corrected chi connectivity index (χ1v) is 7.91. The zero-order valence-electron chi connectivity index (χ0n) is 12.4. The maximum Gasteiger partial charge on any atom is 0.234 e. The van der Waals surface area contributed by atoms with Crippen LogP contribution in [0.4, 0.5) is 0 Å².